The second-order valence-corrected chi connectivity index (χ2v) is 6.37. The Labute approximate surface area is 124 Å². The minimum absolute atomic E-state index is 0.180. The van der Waals surface area contributed by atoms with E-state index in [1.807, 2.05) is 0 Å². The molecule has 1 aliphatic rings. The third-order valence-corrected chi connectivity index (χ3v) is 4.11. The molecule has 7 nitrogen and oxygen atoms in total. The third kappa shape index (κ3) is 5.61. The number of carboxylic acids is 1. The minimum Gasteiger partial charge on any atom is -0.481 e. The normalized spacial score (nSPS) is 22.4. The molecule has 1 saturated carbocycles. The zero-order valence-corrected chi connectivity index (χ0v) is 12.6. The Morgan fingerprint density at radius 3 is 2.19 bits per heavy atom. The summed E-state index contributed by atoms with van der Waals surface area (Å²) in [6, 6.07) is -0.329. The number of carbonyl (C=O) groups is 3. The van der Waals surface area contributed by atoms with Gasteiger partial charge in [-0.05, 0) is 45.4 Å². The number of hydrogen-bond donors (Lipinski definition) is 4. The van der Waals surface area contributed by atoms with Crippen LogP contribution in [-0.4, -0.2) is 36.1 Å². The van der Waals surface area contributed by atoms with E-state index in [1.165, 1.54) is 0 Å². The lowest BCUT2D eigenvalue weighted by Crippen LogP contribution is -2.46. The Balaban J connectivity index is 2.23. The lowest BCUT2D eigenvalue weighted by molar-refractivity contribution is -0.143. The van der Waals surface area contributed by atoms with E-state index in [4.69, 9.17) is 10.8 Å². The summed E-state index contributed by atoms with van der Waals surface area (Å²) >= 11 is 0. The number of hydrogen-bond acceptors (Lipinski definition) is 3. The molecule has 0 spiro atoms. The molecule has 1 rings (SSSR count). The average Bonchev–Trinajstić information content (AvgIpc) is 2.43. The first kappa shape index (κ1) is 17.3. The van der Waals surface area contributed by atoms with Crippen LogP contribution in [0.1, 0.15) is 39.5 Å². The van der Waals surface area contributed by atoms with Gasteiger partial charge in [-0.1, -0.05) is 0 Å². The average molecular weight is 299 g/mol. The molecule has 3 amide bonds. The van der Waals surface area contributed by atoms with Gasteiger partial charge < -0.3 is 21.5 Å². The molecule has 21 heavy (non-hydrogen) atoms. The van der Waals surface area contributed by atoms with E-state index in [1.54, 1.807) is 13.8 Å². The van der Waals surface area contributed by atoms with Gasteiger partial charge in [-0.2, -0.15) is 0 Å². The topological polar surface area (TPSA) is 122 Å². The molecule has 7 heteroatoms. The number of amides is 3. The first-order valence-electron chi connectivity index (χ1n) is 7.27. The quantitative estimate of drug-likeness (QED) is 0.576. The third-order valence-electron chi connectivity index (χ3n) is 4.11. The number of nitrogens with two attached hydrogens (primary N) is 1. The summed E-state index contributed by atoms with van der Waals surface area (Å²) in [6.07, 6.45) is 2.95. The molecule has 1 fully saturated rings. The highest BCUT2D eigenvalue weighted by molar-refractivity contribution is 5.81. The number of carboxylic acid groups (broad SMARTS) is 1. The van der Waals surface area contributed by atoms with E-state index < -0.39 is 17.3 Å². The van der Waals surface area contributed by atoms with Crippen LogP contribution in [0.4, 0.5) is 4.79 Å². The molecular formula is C14H25N3O4. The van der Waals surface area contributed by atoms with Gasteiger partial charge in [0.05, 0.1) is 11.3 Å². The molecule has 120 valence electrons. The lowest BCUT2D eigenvalue weighted by atomic mass is 9.82. The van der Waals surface area contributed by atoms with Crippen LogP contribution in [0, 0.1) is 17.3 Å². The second kappa shape index (κ2) is 7.28. The molecule has 0 aliphatic heterocycles. The molecular weight excluding hydrogens is 274 g/mol. The van der Waals surface area contributed by atoms with Crippen LogP contribution in [0.3, 0.4) is 0 Å². The maximum absolute atomic E-state index is 11.7. The van der Waals surface area contributed by atoms with Crippen LogP contribution in [0.25, 0.3) is 0 Å². The molecule has 0 bridgehead atoms. The molecule has 0 aromatic heterocycles. The first-order chi connectivity index (χ1) is 9.72. The molecule has 0 aromatic rings. The van der Waals surface area contributed by atoms with Crippen molar-refractivity contribution in [2.75, 3.05) is 13.1 Å². The largest absolute Gasteiger partial charge is 0.481 e. The number of urea groups is 1. The minimum atomic E-state index is -0.781. The Bertz CT molecular complexity index is 401. The van der Waals surface area contributed by atoms with Crippen molar-refractivity contribution in [3.63, 3.8) is 0 Å². The summed E-state index contributed by atoms with van der Waals surface area (Å²) in [4.78, 5) is 33.6. The fraction of sp³-hybridized carbons (Fsp3) is 0.786. The summed E-state index contributed by atoms with van der Waals surface area (Å²) in [5.74, 6) is -1.12. The number of primary amides is 1. The summed E-state index contributed by atoms with van der Waals surface area (Å²) in [5.41, 5.74) is 4.45. The van der Waals surface area contributed by atoms with Crippen molar-refractivity contribution >= 4 is 17.9 Å². The molecule has 0 radical (unpaired) electrons. The predicted octanol–water partition coefficient (Wildman–Crippen LogP) is 0.688. The Morgan fingerprint density at radius 1 is 1.14 bits per heavy atom. The molecule has 0 aromatic carbocycles. The van der Waals surface area contributed by atoms with Crippen molar-refractivity contribution in [1.29, 1.82) is 0 Å². The lowest BCUT2D eigenvalue weighted by Gasteiger charge is -2.26. The molecule has 1 aliphatic carbocycles. The van der Waals surface area contributed by atoms with E-state index in [0.717, 1.165) is 12.8 Å². The van der Waals surface area contributed by atoms with Crippen LogP contribution in [-0.2, 0) is 9.59 Å². The Kier molecular flexibility index (Phi) is 5.99. The van der Waals surface area contributed by atoms with Gasteiger partial charge in [0.15, 0.2) is 0 Å². The monoisotopic (exact) mass is 299 g/mol. The van der Waals surface area contributed by atoms with Crippen LogP contribution in [0.2, 0.25) is 0 Å². The summed E-state index contributed by atoms with van der Waals surface area (Å²) in [7, 11) is 0. The van der Waals surface area contributed by atoms with E-state index in [0.29, 0.717) is 25.3 Å². The van der Waals surface area contributed by atoms with Crippen LogP contribution >= 0.6 is 0 Å². The van der Waals surface area contributed by atoms with Gasteiger partial charge in [0.1, 0.15) is 0 Å². The van der Waals surface area contributed by atoms with Crippen LogP contribution < -0.4 is 16.4 Å². The van der Waals surface area contributed by atoms with Crippen molar-refractivity contribution in [3.8, 4) is 0 Å². The highest BCUT2D eigenvalue weighted by atomic mass is 16.4. The summed E-state index contributed by atoms with van der Waals surface area (Å²) < 4.78 is 0. The maximum atomic E-state index is 11.7. The van der Waals surface area contributed by atoms with Gasteiger partial charge in [-0.25, -0.2) is 4.79 Å². The van der Waals surface area contributed by atoms with E-state index in [2.05, 4.69) is 10.6 Å². The van der Waals surface area contributed by atoms with Crippen LogP contribution in [0.15, 0.2) is 0 Å². The van der Waals surface area contributed by atoms with E-state index in [-0.39, 0.29) is 18.5 Å². The fourth-order valence-corrected chi connectivity index (χ4v) is 2.30. The Morgan fingerprint density at radius 2 is 1.71 bits per heavy atom. The van der Waals surface area contributed by atoms with Gasteiger partial charge >= 0.3 is 12.0 Å². The van der Waals surface area contributed by atoms with Crippen LogP contribution in [0.5, 0.6) is 0 Å². The van der Waals surface area contributed by atoms with Gasteiger partial charge in [0.2, 0.25) is 5.91 Å². The van der Waals surface area contributed by atoms with Crippen molar-refractivity contribution in [2.45, 2.75) is 39.5 Å². The zero-order chi connectivity index (χ0) is 16.0. The SMILES string of the molecule is CC(C)(CNC(=O)NCC1CCC(C(=O)O)CC1)C(N)=O. The van der Waals surface area contributed by atoms with Gasteiger partial charge in [-0.3, -0.25) is 9.59 Å². The number of rotatable bonds is 6. The van der Waals surface area contributed by atoms with Gasteiger partial charge in [0, 0.05) is 13.1 Å². The van der Waals surface area contributed by atoms with E-state index in [9.17, 15) is 14.4 Å². The van der Waals surface area contributed by atoms with Crippen molar-refractivity contribution in [3.05, 3.63) is 0 Å². The second-order valence-electron chi connectivity index (χ2n) is 6.37. The maximum Gasteiger partial charge on any atom is 0.314 e. The molecule has 5 N–H and O–H groups in total. The number of aliphatic carboxylic acids is 1. The number of nitrogens with one attached hydrogen (secondary N) is 2. The first-order valence-corrected chi connectivity index (χ1v) is 7.27. The highest BCUT2D eigenvalue weighted by Gasteiger charge is 2.27. The standard InChI is InChI=1S/C14H25N3O4/c1-14(2,12(15)20)8-17-13(21)16-7-9-3-5-10(6-4-9)11(18)19/h9-10H,3-8H2,1-2H3,(H2,15,20)(H,18,19)(H2,16,17,21). The zero-order valence-electron chi connectivity index (χ0n) is 12.6. The molecule has 0 heterocycles. The number of carbonyl (C=O) groups excluding carboxylic acids is 2. The van der Waals surface area contributed by atoms with Crippen molar-refractivity contribution in [2.24, 2.45) is 23.0 Å². The van der Waals surface area contributed by atoms with Gasteiger partial charge in [0.25, 0.3) is 0 Å². The van der Waals surface area contributed by atoms with Gasteiger partial charge in [-0.15, -0.1) is 0 Å². The molecule has 0 unspecified atom stereocenters. The molecule has 0 saturated heterocycles. The summed E-state index contributed by atoms with van der Waals surface area (Å²) in [5, 5.41) is 14.3. The predicted molar refractivity (Wildman–Crippen MR) is 77.5 cm³/mol. The smallest absolute Gasteiger partial charge is 0.314 e. The fourth-order valence-electron chi connectivity index (χ4n) is 2.30. The Hall–Kier alpha value is -1.79. The van der Waals surface area contributed by atoms with Crippen molar-refractivity contribution in [1.82, 2.24) is 10.6 Å². The summed E-state index contributed by atoms with van der Waals surface area (Å²) in [6.45, 7) is 4.04. The highest BCUT2D eigenvalue weighted by Crippen LogP contribution is 2.28. The molecule has 0 atom stereocenters. The van der Waals surface area contributed by atoms with E-state index >= 15 is 0 Å². The van der Waals surface area contributed by atoms with Crippen molar-refractivity contribution < 1.29 is 19.5 Å².